The number of aliphatic hydroxyl groups is 3. The van der Waals surface area contributed by atoms with Gasteiger partial charge < -0.3 is 25.8 Å². The van der Waals surface area contributed by atoms with Gasteiger partial charge in [-0.3, -0.25) is 18.6 Å². The van der Waals surface area contributed by atoms with Gasteiger partial charge in [-0.15, -0.1) is 0 Å². The molecule has 0 bridgehead atoms. The molecule has 0 radical (unpaired) electrons. The van der Waals surface area contributed by atoms with Crippen molar-refractivity contribution in [2.75, 3.05) is 25.6 Å². The zero-order chi connectivity index (χ0) is 28.6. The summed E-state index contributed by atoms with van der Waals surface area (Å²) in [6.45, 7) is 2.59. The van der Waals surface area contributed by atoms with Crippen LogP contribution < -0.4 is 15.4 Å². The summed E-state index contributed by atoms with van der Waals surface area (Å²) in [5, 5.41) is 33.0. The zero-order valence-electron chi connectivity index (χ0n) is 21.7. The van der Waals surface area contributed by atoms with Crippen LogP contribution in [0.1, 0.15) is 36.0 Å². The van der Waals surface area contributed by atoms with Gasteiger partial charge in [0.25, 0.3) is 12.1 Å². The molecule has 39 heavy (non-hydrogen) atoms. The Morgan fingerprint density at radius 3 is 2.54 bits per heavy atom. The molecule has 1 aromatic heterocycles. The Hall–Kier alpha value is -2.19. The SMILES string of the molecule is CC(C)(CO)C(=O)SCCOP(=O)(NCc1ccccc1)OC[C@H]1O[C@@H]([n+]2cccc(C(N)=O)c2)[C@@H](O)C1O. The lowest BCUT2D eigenvalue weighted by Gasteiger charge is -2.22. The maximum Gasteiger partial charge on any atom is 0.405 e. The second-order valence-corrected chi connectivity index (χ2v) is 12.5. The normalized spacial score (nSPS) is 22.9. The van der Waals surface area contributed by atoms with Crippen LogP contribution in [-0.2, 0) is 29.7 Å². The molecule has 2 unspecified atom stereocenters. The molecule has 1 amide bonds. The number of nitrogens with two attached hydrogens (primary N) is 1. The first-order valence-corrected chi connectivity index (χ1v) is 14.8. The third kappa shape index (κ3) is 8.65. The predicted molar refractivity (Wildman–Crippen MR) is 142 cm³/mol. The van der Waals surface area contributed by atoms with Gasteiger partial charge in [0.1, 0.15) is 17.8 Å². The first kappa shape index (κ1) is 31.3. The molecule has 2 aromatic rings. The van der Waals surface area contributed by atoms with Crippen LogP contribution in [0.4, 0.5) is 0 Å². The van der Waals surface area contributed by atoms with Gasteiger partial charge in [0.2, 0.25) is 0 Å². The topological polar surface area (TPSA) is 182 Å². The van der Waals surface area contributed by atoms with Gasteiger partial charge in [-0.05, 0) is 25.5 Å². The summed E-state index contributed by atoms with van der Waals surface area (Å²) in [5.74, 6) is -0.502. The number of thioether (sulfide) groups is 1. The van der Waals surface area contributed by atoms with E-state index in [1.807, 2.05) is 30.3 Å². The number of aromatic nitrogens is 1. The Morgan fingerprint density at radius 2 is 1.87 bits per heavy atom. The molecule has 0 saturated carbocycles. The van der Waals surface area contributed by atoms with Gasteiger partial charge in [-0.2, -0.15) is 4.57 Å². The first-order valence-electron chi connectivity index (χ1n) is 12.2. The van der Waals surface area contributed by atoms with Crippen molar-refractivity contribution in [3.63, 3.8) is 0 Å². The van der Waals surface area contributed by atoms with Crippen molar-refractivity contribution in [2.45, 2.75) is 44.9 Å². The van der Waals surface area contributed by atoms with Crippen LogP contribution in [0, 0.1) is 5.41 Å². The molecular formula is C25H35N3O9PS+. The Kier molecular flexibility index (Phi) is 11.2. The van der Waals surface area contributed by atoms with Crippen molar-refractivity contribution in [1.82, 2.24) is 5.09 Å². The lowest BCUT2D eigenvalue weighted by atomic mass is 9.97. The first-order chi connectivity index (χ1) is 18.5. The van der Waals surface area contributed by atoms with Crippen LogP contribution >= 0.6 is 19.5 Å². The van der Waals surface area contributed by atoms with Crippen molar-refractivity contribution in [2.24, 2.45) is 11.1 Å². The Labute approximate surface area is 231 Å². The molecular weight excluding hydrogens is 549 g/mol. The molecule has 1 aliphatic heterocycles. The van der Waals surface area contributed by atoms with Gasteiger partial charge in [-0.1, -0.05) is 42.1 Å². The number of hydrogen-bond acceptors (Lipinski definition) is 10. The number of nitrogens with zero attached hydrogens (tertiary/aromatic N) is 1. The molecule has 1 saturated heterocycles. The van der Waals surface area contributed by atoms with Crippen LogP contribution in [0.15, 0.2) is 54.9 Å². The molecule has 1 fully saturated rings. The standard InChI is InChI=1S/C25H34N3O9PS/c1-25(2,16-29)24(33)39-12-11-35-38(34,27-13-17-7-4-3-5-8-17)36-15-19-20(30)21(31)23(37-19)28-10-6-9-18(14-28)22(26)32/h3-10,14,19-21,23,29-31H,11-13,15-16H2,1-2H3,(H2-,26,27,32,34)/p+1/t19-,20?,21+,23-,38?/m1/s1. The van der Waals surface area contributed by atoms with Gasteiger partial charge in [0.15, 0.2) is 23.6 Å². The number of ether oxygens (including phenoxy) is 1. The number of rotatable bonds is 14. The highest BCUT2D eigenvalue weighted by Gasteiger charge is 2.49. The highest BCUT2D eigenvalue weighted by atomic mass is 32.2. The monoisotopic (exact) mass is 584 g/mol. The highest BCUT2D eigenvalue weighted by Crippen LogP contribution is 2.45. The summed E-state index contributed by atoms with van der Waals surface area (Å²) in [4.78, 5) is 23.8. The number of pyridine rings is 1. The molecule has 3 rings (SSSR count). The largest absolute Gasteiger partial charge is 0.405 e. The van der Waals surface area contributed by atoms with E-state index in [4.69, 9.17) is 19.5 Å². The lowest BCUT2D eigenvalue weighted by molar-refractivity contribution is -0.765. The Bertz CT molecular complexity index is 1170. The lowest BCUT2D eigenvalue weighted by Crippen LogP contribution is -2.46. The van der Waals surface area contributed by atoms with E-state index in [9.17, 15) is 29.5 Å². The number of nitrogens with one attached hydrogen (secondary N) is 1. The maximum absolute atomic E-state index is 13.6. The Balaban J connectivity index is 1.64. The van der Waals surface area contributed by atoms with E-state index in [1.54, 1.807) is 26.1 Å². The number of primary amides is 1. The predicted octanol–water partition coefficient (Wildman–Crippen LogP) is 0.902. The molecule has 12 nitrogen and oxygen atoms in total. The van der Waals surface area contributed by atoms with Gasteiger partial charge in [0.05, 0.1) is 25.2 Å². The van der Waals surface area contributed by atoms with E-state index >= 15 is 0 Å². The van der Waals surface area contributed by atoms with Crippen molar-refractivity contribution in [3.8, 4) is 0 Å². The van der Waals surface area contributed by atoms with Crippen LogP contribution in [0.5, 0.6) is 0 Å². The van der Waals surface area contributed by atoms with Gasteiger partial charge in [-0.25, -0.2) is 9.65 Å². The second kappa shape index (κ2) is 13.9. The fourth-order valence-electron chi connectivity index (χ4n) is 3.55. The molecule has 0 aliphatic carbocycles. The molecule has 0 spiro atoms. The van der Waals surface area contributed by atoms with E-state index in [1.165, 1.54) is 16.8 Å². The minimum Gasteiger partial charge on any atom is -0.395 e. The van der Waals surface area contributed by atoms with Crippen LogP contribution in [0.25, 0.3) is 0 Å². The van der Waals surface area contributed by atoms with E-state index in [0.29, 0.717) is 0 Å². The summed E-state index contributed by atoms with van der Waals surface area (Å²) < 4.78 is 31.9. The zero-order valence-corrected chi connectivity index (χ0v) is 23.4. The number of carbonyl (C=O) groups is 2. The van der Waals surface area contributed by atoms with E-state index < -0.39 is 50.2 Å². The summed E-state index contributed by atoms with van der Waals surface area (Å²) >= 11 is 0.946. The summed E-state index contributed by atoms with van der Waals surface area (Å²) in [6.07, 6.45) is -1.96. The maximum atomic E-state index is 13.6. The fourth-order valence-corrected chi connectivity index (χ4v) is 5.78. The summed E-state index contributed by atoms with van der Waals surface area (Å²) in [5.41, 5.74) is 5.41. The average molecular weight is 585 g/mol. The number of aliphatic hydroxyl groups excluding tert-OH is 3. The van der Waals surface area contributed by atoms with Crippen LogP contribution in [0.2, 0.25) is 0 Å². The summed E-state index contributed by atoms with van der Waals surface area (Å²) in [7, 11) is -3.97. The third-order valence-corrected chi connectivity index (χ3v) is 8.73. The Morgan fingerprint density at radius 1 is 1.15 bits per heavy atom. The van der Waals surface area contributed by atoms with Crippen molar-refractivity contribution >= 4 is 30.5 Å². The van der Waals surface area contributed by atoms with E-state index in [-0.39, 0.29) is 36.2 Å². The van der Waals surface area contributed by atoms with E-state index in [2.05, 4.69) is 5.09 Å². The second-order valence-electron chi connectivity index (χ2n) is 9.58. The molecule has 6 N–H and O–H groups in total. The molecule has 214 valence electrons. The van der Waals surface area contributed by atoms with Crippen molar-refractivity contribution in [1.29, 1.82) is 0 Å². The molecule has 2 heterocycles. The van der Waals surface area contributed by atoms with Gasteiger partial charge >= 0.3 is 7.75 Å². The number of amides is 1. The van der Waals surface area contributed by atoms with Gasteiger partial charge in [0, 0.05) is 18.4 Å². The number of benzene rings is 1. The van der Waals surface area contributed by atoms with Crippen molar-refractivity contribution < 1.29 is 47.8 Å². The molecule has 1 aliphatic rings. The molecule has 5 atom stereocenters. The minimum absolute atomic E-state index is 0.105. The molecule has 1 aromatic carbocycles. The number of hydrogen-bond donors (Lipinski definition) is 5. The minimum atomic E-state index is -3.97. The van der Waals surface area contributed by atoms with E-state index in [0.717, 1.165) is 17.3 Å². The third-order valence-electron chi connectivity index (χ3n) is 5.99. The highest BCUT2D eigenvalue weighted by molar-refractivity contribution is 8.13. The summed E-state index contributed by atoms with van der Waals surface area (Å²) in [6, 6.07) is 12.2. The fraction of sp³-hybridized carbons (Fsp3) is 0.480. The number of carbonyl (C=O) groups excluding carboxylic acids is 2. The smallest absolute Gasteiger partial charge is 0.395 e. The molecule has 14 heteroatoms. The quantitative estimate of drug-likeness (QED) is 0.121. The van der Waals surface area contributed by atoms with Crippen LogP contribution in [-0.4, -0.2) is 70.2 Å². The average Bonchev–Trinajstić information content (AvgIpc) is 3.22. The van der Waals surface area contributed by atoms with Crippen molar-refractivity contribution in [3.05, 3.63) is 66.0 Å². The van der Waals surface area contributed by atoms with Crippen LogP contribution in [0.3, 0.4) is 0 Å².